The molecule has 0 atom stereocenters. The van der Waals surface area contributed by atoms with Gasteiger partial charge >= 0.3 is 38.7 Å². The second kappa shape index (κ2) is 9.13. The zero-order valence-electron chi connectivity index (χ0n) is 4.30. The third kappa shape index (κ3) is 176. The van der Waals surface area contributed by atoms with Crippen molar-refractivity contribution in [2.24, 2.45) is 0 Å². The Balaban J connectivity index is -0.0000000150. The molecule has 0 aromatic carbocycles. The van der Waals surface area contributed by atoms with Crippen LogP contribution in [-0.4, -0.2) is 24.2 Å². The molecular weight excluding hydrogens is 115 g/mol. The second-order valence-corrected chi connectivity index (χ2v) is 0.848. The van der Waals surface area contributed by atoms with E-state index in [0.717, 1.165) is 0 Å². The fourth-order valence-electron chi connectivity index (χ4n) is 0. The summed E-state index contributed by atoms with van der Waals surface area (Å²) in [6.45, 7) is 0. The van der Waals surface area contributed by atoms with E-state index in [-0.39, 0.29) is 36.5 Å². The average Bonchev–Trinajstić information content (AvgIpc) is 0.811. The molecule has 0 unspecified atom stereocenters. The zero-order valence-corrected chi connectivity index (χ0v) is 6.30. The quantitative estimate of drug-likeness (QED) is 0.313. The van der Waals surface area contributed by atoms with Gasteiger partial charge in [0.1, 0.15) is 0 Å². The van der Waals surface area contributed by atoms with Gasteiger partial charge in [0, 0.05) is 0 Å². The van der Waals surface area contributed by atoms with E-state index in [4.69, 9.17) is 14.1 Å². The Labute approximate surface area is 59.8 Å². The van der Waals surface area contributed by atoms with Gasteiger partial charge in [-0.3, -0.25) is 4.46 Å². The van der Waals surface area contributed by atoms with Crippen molar-refractivity contribution in [1.82, 2.24) is 0 Å². The molecule has 0 saturated carbocycles. The maximum Gasteiger partial charge on any atom is 1.00 e. The van der Waals surface area contributed by atoms with Crippen LogP contribution in [0, 0.1) is 0 Å². The van der Waals surface area contributed by atoms with Crippen molar-refractivity contribution < 1.29 is 50.5 Å². The minimum absolute atomic E-state index is 0. The zero-order chi connectivity index (χ0) is 3.58. The molecule has 0 heterocycles. The van der Waals surface area contributed by atoms with E-state index in [9.17, 15) is 0 Å². The molecule has 6 heavy (non-hydrogen) atoms. The van der Waals surface area contributed by atoms with Gasteiger partial charge in [-0.2, -0.15) is 0 Å². The summed E-state index contributed by atoms with van der Waals surface area (Å²) < 4.78 is 8.74. The molecule has 0 rings (SSSR count). The normalized spacial score (nSPS) is 4.00. The summed E-state index contributed by atoms with van der Waals surface area (Å²) >= 11 is 0. The molecule has 0 aliphatic carbocycles. The first-order valence-electron chi connectivity index (χ1n) is 0.651. The summed E-state index contributed by atoms with van der Waals surface area (Å²) in [5.74, 6) is 0. The van der Waals surface area contributed by atoms with Crippen LogP contribution in [-0.2, 0) is 4.46 Å². The van der Waals surface area contributed by atoms with Gasteiger partial charge in [0.05, 0.1) is 0 Å². The van der Waals surface area contributed by atoms with Crippen LogP contribution in [0.3, 0.4) is 0 Å². The van der Waals surface area contributed by atoms with E-state index in [0.29, 0.717) is 0 Å². The van der Waals surface area contributed by atoms with Gasteiger partial charge in [-0.15, -0.1) is 0 Å². The largest absolute Gasteiger partial charge is 1.00 e. The van der Waals surface area contributed by atoms with Crippen molar-refractivity contribution >= 4 is 9.17 Å². The van der Waals surface area contributed by atoms with Crippen LogP contribution in [0.5, 0.6) is 0 Å². The minimum atomic E-state index is -3.13. The Morgan fingerprint density at radius 2 is 1.50 bits per heavy atom. The third-order valence-corrected chi connectivity index (χ3v) is 0. The summed E-state index contributed by atoms with van der Waals surface area (Å²) in [6, 6.07) is 0. The Hall–Kier alpha value is 0.577. The molecule has 0 aliphatic rings. The van der Waals surface area contributed by atoms with Crippen molar-refractivity contribution in [2.75, 3.05) is 0 Å². The summed E-state index contributed by atoms with van der Waals surface area (Å²) in [4.78, 5) is 14.3. The fraction of sp³-hybridized carbons (Fsp3) is 0. The van der Waals surface area contributed by atoms with Gasteiger partial charge in [0.15, 0.2) is 0 Å². The van der Waals surface area contributed by atoms with Gasteiger partial charge in [-0.25, -0.2) is 0 Å². The molecule has 0 amide bonds. The van der Waals surface area contributed by atoms with E-state index in [1.54, 1.807) is 0 Å². The molecule has 0 bridgehead atoms. The molecular formula is H5NaO4Si. The second-order valence-electron chi connectivity index (χ2n) is 0.283. The first-order chi connectivity index (χ1) is 1.73. The number of hydrogen-bond acceptors (Lipinski definition) is 1. The molecule has 6 heteroatoms. The van der Waals surface area contributed by atoms with Crippen molar-refractivity contribution in [3.8, 4) is 0 Å². The minimum Gasteiger partial charge on any atom is -1.00 e. The monoisotopic (exact) mass is 120 g/mol. The summed E-state index contributed by atoms with van der Waals surface area (Å²) in [7, 11) is -3.13. The molecule has 0 saturated heterocycles. The van der Waals surface area contributed by atoms with Gasteiger partial charge < -0.3 is 16.5 Å². The first kappa shape index (κ1) is 16.0. The molecule has 0 fully saturated rings. The van der Waals surface area contributed by atoms with Crippen LogP contribution < -0.4 is 29.6 Å². The number of rotatable bonds is 0. The SMILES string of the molecule is O.O=[Si](O)O.[H-].[Na+]. The van der Waals surface area contributed by atoms with Gasteiger partial charge in [-0.1, -0.05) is 0 Å². The molecule has 0 aliphatic heterocycles. The predicted molar refractivity (Wildman–Crippen MR) is 15.6 cm³/mol. The summed E-state index contributed by atoms with van der Waals surface area (Å²) in [5.41, 5.74) is 0. The van der Waals surface area contributed by atoms with Crippen LogP contribution in [0.4, 0.5) is 0 Å². The number of hydrogen-bond donors (Lipinski definition) is 2. The predicted octanol–water partition coefficient (Wildman–Crippen LogP) is -5.32. The third-order valence-electron chi connectivity index (χ3n) is 0. The Kier molecular flexibility index (Phi) is 24.3. The van der Waals surface area contributed by atoms with E-state index in [2.05, 4.69) is 0 Å². The van der Waals surface area contributed by atoms with Gasteiger partial charge in [0.2, 0.25) is 0 Å². The molecule has 0 spiro atoms. The Morgan fingerprint density at radius 3 is 1.50 bits per heavy atom. The molecule has 0 radical (unpaired) electrons. The molecule has 0 aromatic rings. The molecule has 4 N–H and O–H groups in total. The molecule has 4 nitrogen and oxygen atoms in total. The fourth-order valence-corrected chi connectivity index (χ4v) is 0. The van der Waals surface area contributed by atoms with Crippen LogP contribution in [0.15, 0.2) is 0 Å². The van der Waals surface area contributed by atoms with Gasteiger partial charge in [0.25, 0.3) is 0 Å². The topological polar surface area (TPSA) is 89.0 Å². The average molecular weight is 120 g/mol. The van der Waals surface area contributed by atoms with Crippen molar-refractivity contribution in [1.29, 1.82) is 0 Å². The maximum absolute atomic E-state index is 8.74. The van der Waals surface area contributed by atoms with E-state index in [1.807, 2.05) is 0 Å². The van der Waals surface area contributed by atoms with Crippen LogP contribution in [0.2, 0.25) is 0 Å². The van der Waals surface area contributed by atoms with Crippen molar-refractivity contribution in [2.45, 2.75) is 0 Å². The van der Waals surface area contributed by atoms with E-state index in [1.165, 1.54) is 0 Å². The van der Waals surface area contributed by atoms with Crippen LogP contribution in [0.1, 0.15) is 1.43 Å². The Bertz CT molecular complexity index is 34.7. The maximum atomic E-state index is 8.74. The molecule has 0 aromatic heterocycles. The van der Waals surface area contributed by atoms with E-state index >= 15 is 0 Å². The van der Waals surface area contributed by atoms with E-state index < -0.39 is 9.17 Å². The van der Waals surface area contributed by atoms with Crippen molar-refractivity contribution in [3.63, 3.8) is 0 Å². The summed E-state index contributed by atoms with van der Waals surface area (Å²) in [6.07, 6.45) is 0. The molecule has 34 valence electrons. The van der Waals surface area contributed by atoms with Crippen molar-refractivity contribution in [3.05, 3.63) is 0 Å². The van der Waals surface area contributed by atoms with Crippen LogP contribution >= 0.6 is 0 Å². The summed E-state index contributed by atoms with van der Waals surface area (Å²) in [5, 5.41) is 0. The Morgan fingerprint density at radius 1 is 1.50 bits per heavy atom. The van der Waals surface area contributed by atoms with Gasteiger partial charge in [-0.05, 0) is 0 Å². The van der Waals surface area contributed by atoms with Crippen LogP contribution in [0.25, 0.3) is 0 Å². The first-order valence-corrected chi connectivity index (χ1v) is 1.95. The standard InChI is InChI=1S/Na.H2O3Si.H2O.H/c;1-4(2)3;;/h;1-2H;1H2;/q+1;;;-1. The smallest absolute Gasteiger partial charge is 1.00 e.